The highest BCUT2D eigenvalue weighted by molar-refractivity contribution is 7.93. The fourth-order valence-electron chi connectivity index (χ4n) is 0. The summed E-state index contributed by atoms with van der Waals surface area (Å²) in [7, 11) is -3.04. The lowest BCUT2D eigenvalue weighted by atomic mass is 11.0. The molecular formula is C2H7NO2S. The minimum atomic E-state index is -3.04. The molecule has 0 heterocycles. The normalized spacial score (nSPS) is 19.2. The molecule has 0 aliphatic heterocycles. The Balaban J connectivity index is 4.24. The van der Waals surface area contributed by atoms with Crippen LogP contribution in [-0.4, -0.2) is 14.1 Å². The predicted octanol–water partition coefficient (Wildman–Crippen LogP) is -0.560. The van der Waals surface area contributed by atoms with E-state index in [0.717, 1.165) is 5.37 Å². The molecule has 4 heteroatoms. The van der Waals surface area contributed by atoms with Crippen LogP contribution in [0.4, 0.5) is 0 Å². The van der Waals surface area contributed by atoms with Gasteiger partial charge < -0.3 is 4.55 Å². The van der Waals surface area contributed by atoms with Crippen LogP contribution in [0.3, 0.4) is 0 Å². The van der Waals surface area contributed by atoms with Gasteiger partial charge in [-0.05, 0) is 6.92 Å². The first-order chi connectivity index (χ1) is 2.56. The number of hydrogen-bond acceptors (Lipinski definition) is 1. The Kier molecular flexibility index (Phi) is 1.58. The van der Waals surface area contributed by atoms with Crippen LogP contribution in [0.25, 0.3) is 0 Å². The second kappa shape index (κ2) is 1.59. The Hall–Kier alpha value is -0.0600. The zero-order valence-corrected chi connectivity index (χ0v) is 4.23. The van der Waals surface area contributed by atoms with Crippen LogP contribution in [-0.2, 0) is 9.99 Å². The first-order valence-corrected chi connectivity index (χ1v) is 3.04. The van der Waals surface area contributed by atoms with Gasteiger partial charge in [0.05, 0.1) is 0 Å². The summed E-state index contributed by atoms with van der Waals surface area (Å²) in [5.41, 5.74) is 0. The van der Waals surface area contributed by atoms with E-state index in [4.69, 9.17) is 4.55 Å². The molecule has 1 atom stereocenters. The van der Waals surface area contributed by atoms with Crippen LogP contribution >= 0.6 is 0 Å². The van der Waals surface area contributed by atoms with Crippen LogP contribution in [0.5, 0.6) is 0 Å². The monoisotopic (exact) mass is 109 g/mol. The second-order valence-electron chi connectivity index (χ2n) is 0.850. The highest BCUT2D eigenvalue weighted by Gasteiger charge is 1.78. The van der Waals surface area contributed by atoms with Gasteiger partial charge in [0.25, 0.3) is 0 Å². The van der Waals surface area contributed by atoms with Gasteiger partial charge in [-0.2, -0.15) is 0 Å². The SMILES string of the molecule is CC=S(N)(=O)O. The zero-order valence-electron chi connectivity index (χ0n) is 3.42. The van der Waals surface area contributed by atoms with Crippen molar-refractivity contribution in [2.24, 2.45) is 5.14 Å². The lowest BCUT2D eigenvalue weighted by Crippen LogP contribution is -2.11. The molecule has 38 valence electrons. The number of nitrogens with two attached hydrogens (primary N) is 1. The molecule has 0 bridgehead atoms. The molecule has 6 heavy (non-hydrogen) atoms. The summed E-state index contributed by atoms with van der Waals surface area (Å²) in [5, 5.41) is 5.61. The Morgan fingerprint density at radius 1 is 2.00 bits per heavy atom. The fourth-order valence-corrected chi connectivity index (χ4v) is 0. The lowest BCUT2D eigenvalue weighted by molar-refractivity contribution is 0.561. The van der Waals surface area contributed by atoms with Crippen molar-refractivity contribution in [1.29, 1.82) is 0 Å². The van der Waals surface area contributed by atoms with E-state index in [2.05, 4.69) is 5.14 Å². The first-order valence-electron chi connectivity index (χ1n) is 1.40. The fraction of sp³-hybridized carbons (Fsp3) is 0.500. The molecule has 0 amide bonds. The van der Waals surface area contributed by atoms with Gasteiger partial charge in [0.2, 0.25) is 0 Å². The summed E-state index contributed by atoms with van der Waals surface area (Å²) in [6, 6.07) is 0. The highest BCUT2D eigenvalue weighted by atomic mass is 32.2. The van der Waals surface area contributed by atoms with Gasteiger partial charge in [-0.1, -0.05) is 0 Å². The molecule has 3 nitrogen and oxygen atoms in total. The van der Waals surface area contributed by atoms with Gasteiger partial charge in [0, 0.05) is 5.37 Å². The molecule has 0 fully saturated rings. The van der Waals surface area contributed by atoms with E-state index in [1.165, 1.54) is 6.92 Å². The van der Waals surface area contributed by atoms with Gasteiger partial charge in [-0.3, -0.25) is 0 Å². The van der Waals surface area contributed by atoms with Crippen molar-refractivity contribution in [3.8, 4) is 0 Å². The van der Waals surface area contributed by atoms with E-state index in [1.54, 1.807) is 0 Å². The molecule has 1 unspecified atom stereocenters. The average molecular weight is 109 g/mol. The van der Waals surface area contributed by atoms with Crippen LogP contribution in [0, 0.1) is 0 Å². The summed E-state index contributed by atoms with van der Waals surface area (Å²) in [4.78, 5) is 0. The van der Waals surface area contributed by atoms with Crippen molar-refractivity contribution in [2.75, 3.05) is 0 Å². The molecule has 0 aliphatic rings. The summed E-state index contributed by atoms with van der Waals surface area (Å²) in [5.74, 6) is 0. The van der Waals surface area contributed by atoms with Crippen molar-refractivity contribution < 1.29 is 8.76 Å². The standard InChI is InChI=1S/C2H7NO2S/c1-2-6(3,4)5/h2H,1H3,(H3,3,4,5). The third-order valence-corrected chi connectivity index (χ3v) is 1.01. The zero-order chi connectivity index (χ0) is 5.21. The van der Waals surface area contributed by atoms with Crippen LogP contribution in [0.15, 0.2) is 0 Å². The maximum atomic E-state index is 9.83. The summed E-state index contributed by atoms with van der Waals surface area (Å²) in [6.07, 6.45) is 0. The van der Waals surface area contributed by atoms with Crippen molar-refractivity contribution in [3.63, 3.8) is 0 Å². The molecule has 0 aromatic heterocycles. The molecule has 0 aliphatic carbocycles. The highest BCUT2D eigenvalue weighted by Crippen LogP contribution is 1.60. The maximum absolute atomic E-state index is 9.83. The number of rotatable bonds is 0. The molecule has 0 rings (SSSR count). The molecule has 0 aromatic rings. The topological polar surface area (TPSA) is 63.3 Å². The van der Waals surface area contributed by atoms with Gasteiger partial charge in [0.1, 0.15) is 9.99 Å². The second-order valence-corrected chi connectivity index (χ2v) is 2.55. The van der Waals surface area contributed by atoms with E-state index >= 15 is 0 Å². The minimum Gasteiger partial charge on any atom is -0.303 e. The van der Waals surface area contributed by atoms with E-state index in [1.807, 2.05) is 0 Å². The summed E-state index contributed by atoms with van der Waals surface area (Å²) in [6.45, 7) is 1.43. The molecular weight excluding hydrogens is 102 g/mol. The molecule has 0 spiro atoms. The van der Waals surface area contributed by atoms with E-state index in [9.17, 15) is 4.21 Å². The summed E-state index contributed by atoms with van der Waals surface area (Å²) >= 11 is 0. The van der Waals surface area contributed by atoms with Crippen LogP contribution < -0.4 is 5.14 Å². The quantitative estimate of drug-likeness (QED) is 0.409. The van der Waals surface area contributed by atoms with Crippen molar-refractivity contribution in [3.05, 3.63) is 0 Å². The Labute approximate surface area is 37.1 Å². The van der Waals surface area contributed by atoms with Crippen LogP contribution in [0.1, 0.15) is 6.92 Å². The van der Waals surface area contributed by atoms with Gasteiger partial charge in [-0.25, -0.2) is 9.35 Å². The van der Waals surface area contributed by atoms with E-state index < -0.39 is 9.99 Å². The molecule has 0 aromatic carbocycles. The van der Waals surface area contributed by atoms with Crippen molar-refractivity contribution in [1.82, 2.24) is 0 Å². The van der Waals surface area contributed by atoms with Crippen molar-refractivity contribution >= 4 is 15.4 Å². The van der Waals surface area contributed by atoms with Gasteiger partial charge in [0.15, 0.2) is 0 Å². The van der Waals surface area contributed by atoms with E-state index in [0.29, 0.717) is 0 Å². The summed E-state index contributed by atoms with van der Waals surface area (Å²) < 4.78 is 17.9. The molecule has 0 saturated heterocycles. The van der Waals surface area contributed by atoms with Crippen LogP contribution in [0.2, 0.25) is 0 Å². The molecule has 0 saturated carbocycles. The Morgan fingerprint density at radius 3 is 2.17 bits per heavy atom. The lowest BCUT2D eigenvalue weighted by Gasteiger charge is -1.84. The van der Waals surface area contributed by atoms with Gasteiger partial charge in [-0.15, -0.1) is 0 Å². The number of hydrogen-bond donors (Lipinski definition) is 2. The Bertz CT molecular complexity index is 124. The van der Waals surface area contributed by atoms with Crippen molar-refractivity contribution in [2.45, 2.75) is 6.92 Å². The molecule has 3 N–H and O–H groups in total. The Morgan fingerprint density at radius 2 is 2.17 bits per heavy atom. The smallest absolute Gasteiger partial charge is 0.138 e. The predicted molar refractivity (Wildman–Crippen MR) is 26.7 cm³/mol. The average Bonchev–Trinajstić information content (AvgIpc) is 1.35. The largest absolute Gasteiger partial charge is 0.303 e. The minimum absolute atomic E-state index is 1.05. The molecule has 0 radical (unpaired) electrons. The third kappa shape index (κ3) is 3.94. The first kappa shape index (κ1) is 5.94. The third-order valence-electron chi connectivity index (χ3n) is 0.338. The maximum Gasteiger partial charge on any atom is 0.138 e. The van der Waals surface area contributed by atoms with Gasteiger partial charge >= 0.3 is 0 Å². The van der Waals surface area contributed by atoms with E-state index in [-0.39, 0.29) is 0 Å².